The molecule has 0 bridgehead atoms. The summed E-state index contributed by atoms with van der Waals surface area (Å²) in [4.78, 5) is 25.7. The van der Waals surface area contributed by atoms with E-state index in [2.05, 4.69) is 30.4 Å². The van der Waals surface area contributed by atoms with E-state index in [1.165, 1.54) is 23.1 Å². The number of benzene rings is 2. The predicted molar refractivity (Wildman–Crippen MR) is 98.5 cm³/mol. The maximum absolute atomic E-state index is 12.8. The second-order valence-corrected chi connectivity index (χ2v) is 7.42. The van der Waals surface area contributed by atoms with Crippen molar-refractivity contribution in [1.29, 1.82) is 0 Å². The van der Waals surface area contributed by atoms with Crippen molar-refractivity contribution >= 4 is 23.6 Å². The molecule has 0 aliphatic carbocycles. The topological polar surface area (TPSA) is 55.4 Å². The zero-order valence-corrected chi connectivity index (χ0v) is 15.1. The number of fused-ring (bicyclic) bond motifs is 1. The lowest BCUT2D eigenvalue weighted by atomic mass is 10.0. The number of rotatable bonds is 5. The second kappa shape index (κ2) is 7.74. The Kier molecular flexibility index (Phi) is 5.43. The number of hydrogen-bond donors (Lipinski definition) is 1. The lowest BCUT2D eigenvalue weighted by molar-refractivity contribution is -0.141. The maximum Gasteiger partial charge on any atom is 0.307 e. The molecule has 1 N–H and O–H groups in total. The lowest BCUT2D eigenvalue weighted by Gasteiger charge is -2.20. The molecule has 5 heteroatoms. The lowest BCUT2D eigenvalue weighted by Crippen LogP contribution is -2.36. The maximum atomic E-state index is 12.8. The molecule has 0 saturated carbocycles. The van der Waals surface area contributed by atoms with E-state index >= 15 is 0 Å². The van der Waals surface area contributed by atoms with Gasteiger partial charge in [-0.15, -0.1) is 11.8 Å². The number of thioether (sulfide) groups is 1. The van der Waals surface area contributed by atoms with Crippen LogP contribution in [0.4, 0.5) is 0 Å². The third-order valence-electron chi connectivity index (χ3n) is 4.31. The largest absolute Gasteiger partial charge is 0.469 e. The summed E-state index contributed by atoms with van der Waals surface area (Å²) in [5.41, 5.74) is 3.30. The van der Waals surface area contributed by atoms with E-state index in [1.54, 1.807) is 11.8 Å². The van der Waals surface area contributed by atoms with Gasteiger partial charge in [0, 0.05) is 4.90 Å². The number of carbonyl (C=O) groups excluding carboxylic acids is 2. The number of esters is 1. The molecule has 2 atom stereocenters. The van der Waals surface area contributed by atoms with Gasteiger partial charge in [-0.2, -0.15) is 0 Å². The second-order valence-electron chi connectivity index (χ2n) is 6.17. The summed E-state index contributed by atoms with van der Waals surface area (Å²) >= 11 is 1.59. The highest BCUT2D eigenvalue weighted by Gasteiger charge is 2.30. The Morgan fingerprint density at radius 2 is 2.00 bits per heavy atom. The van der Waals surface area contributed by atoms with E-state index < -0.39 is 0 Å². The van der Waals surface area contributed by atoms with Gasteiger partial charge in [0.05, 0.1) is 24.8 Å². The van der Waals surface area contributed by atoms with Crippen LogP contribution in [0.5, 0.6) is 0 Å². The molecular formula is C20H21NO3S. The van der Waals surface area contributed by atoms with Crippen LogP contribution in [-0.2, 0) is 20.7 Å². The van der Waals surface area contributed by atoms with E-state index in [0.717, 1.165) is 5.56 Å². The highest BCUT2D eigenvalue weighted by atomic mass is 32.2. The van der Waals surface area contributed by atoms with Crippen molar-refractivity contribution in [3.8, 4) is 0 Å². The predicted octanol–water partition coefficient (Wildman–Crippen LogP) is 3.43. The third kappa shape index (κ3) is 4.23. The van der Waals surface area contributed by atoms with Gasteiger partial charge in [0.1, 0.15) is 0 Å². The average Bonchev–Trinajstić information content (AvgIpc) is 3.05. The number of amides is 1. The van der Waals surface area contributed by atoms with Gasteiger partial charge >= 0.3 is 5.97 Å². The van der Waals surface area contributed by atoms with Gasteiger partial charge in [-0.25, -0.2) is 0 Å². The summed E-state index contributed by atoms with van der Waals surface area (Å²) in [5.74, 6) is -0.385. The zero-order valence-electron chi connectivity index (χ0n) is 14.3. The van der Waals surface area contributed by atoms with Crippen LogP contribution in [0.1, 0.15) is 29.2 Å². The van der Waals surface area contributed by atoms with Crippen LogP contribution < -0.4 is 5.32 Å². The third-order valence-corrected chi connectivity index (χ3v) is 5.61. The van der Waals surface area contributed by atoms with Crippen molar-refractivity contribution in [1.82, 2.24) is 5.32 Å². The van der Waals surface area contributed by atoms with E-state index in [4.69, 9.17) is 4.74 Å². The molecule has 2 aromatic rings. The van der Waals surface area contributed by atoms with Crippen molar-refractivity contribution in [2.45, 2.75) is 36.0 Å². The van der Waals surface area contributed by atoms with Gasteiger partial charge in [0.25, 0.3) is 0 Å². The van der Waals surface area contributed by atoms with Crippen LogP contribution in [0.2, 0.25) is 0 Å². The standard InChI is InChI=1S/C20H21NO3S/c1-13-8-9-15-11-18(25-17(15)10-13)20(23)21-16(12-19(22)24-2)14-6-4-3-5-7-14/h3-10,16,18H,11-12H2,1-2H3,(H,21,23). The molecule has 1 heterocycles. The Morgan fingerprint density at radius 3 is 2.72 bits per heavy atom. The number of hydrogen-bond acceptors (Lipinski definition) is 4. The quantitative estimate of drug-likeness (QED) is 0.835. The first kappa shape index (κ1) is 17.5. The summed E-state index contributed by atoms with van der Waals surface area (Å²) in [6, 6.07) is 15.4. The smallest absolute Gasteiger partial charge is 0.307 e. The highest BCUT2D eigenvalue weighted by molar-refractivity contribution is 8.01. The summed E-state index contributed by atoms with van der Waals surface area (Å²) < 4.78 is 4.78. The van der Waals surface area contributed by atoms with Gasteiger partial charge in [0.2, 0.25) is 5.91 Å². The minimum Gasteiger partial charge on any atom is -0.469 e. The molecule has 0 radical (unpaired) electrons. The van der Waals surface area contributed by atoms with E-state index in [-0.39, 0.29) is 29.6 Å². The molecule has 1 amide bonds. The minimum absolute atomic E-state index is 0.0448. The number of ether oxygens (including phenoxy) is 1. The Hall–Kier alpha value is -2.27. The average molecular weight is 355 g/mol. The molecule has 130 valence electrons. The molecule has 1 aliphatic heterocycles. The van der Waals surface area contributed by atoms with Crippen LogP contribution in [0.15, 0.2) is 53.4 Å². The Labute approximate surface area is 152 Å². The Balaban J connectivity index is 1.72. The summed E-state index contributed by atoms with van der Waals surface area (Å²) in [5, 5.41) is 2.86. The Morgan fingerprint density at radius 1 is 1.24 bits per heavy atom. The first-order valence-electron chi connectivity index (χ1n) is 8.25. The fourth-order valence-electron chi connectivity index (χ4n) is 2.93. The molecular weight excluding hydrogens is 334 g/mol. The molecule has 0 spiro atoms. The fourth-order valence-corrected chi connectivity index (χ4v) is 4.23. The molecule has 1 aliphatic rings. The zero-order chi connectivity index (χ0) is 17.8. The van der Waals surface area contributed by atoms with Crippen molar-refractivity contribution in [2.75, 3.05) is 7.11 Å². The van der Waals surface area contributed by atoms with Crippen molar-refractivity contribution in [3.05, 3.63) is 65.2 Å². The van der Waals surface area contributed by atoms with Crippen molar-refractivity contribution < 1.29 is 14.3 Å². The SMILES string of the molecule is COC(=O)CC(NC(=O)C1Cc2ccc(C)cc2S1)c1ccccc1. The molecule has 2 aromatic carbocycles. The molecule has 0 fully saturated rings. The van der Waals surface area contributed by atoms with Crippen LogP contribution in [0.3, 0.4) is 0 Å². The fraction of sp³-hybridized carbons (Fsp3) is 0.300. The van der Waals surface area contributed by atoms with Gasteiger partial charge in [-0.05, 0) is 30.5 Å². The van der Waals surface area contributed by atoms with Crippen LogP contribution >= 0.6 is 11.8 Å². The number of methoxy groups -OCH3 is 1. The van der Waals surface area contributed by atoms with Gasteiger partial charge < -0.3 is 10.1 Å². The molecule has 4 nitrogen and oxygen atoms in total. The molecule has 0 aromatic heterocycles. The Bertz CT molecular complexity index is 776. The van der Waals surface area contributed by atoms with Gasteiger partial charge in [-0.1, -0.05) is 48.0 Å². The first-order chi connectivity index (χ1) is 12.1. The summed E-state index contributed by atoms with van der Waals surface area (Å²) in [7, 11) is 1.36. The highest BCUT2D eigenvalue weighted by Crippen LogP contribution is 2.38. The van der Waals surface area contributed by atoms with E-state index in [1.807, 2.05) is 30.3 Å². The minimum atomic E-state index is -0.382. The van der Waals surface area contributed by atoms with E-state index in [0.29, 0.717) is 6.42 Å². The number of nitrogens with one attached hydrogen (secondary N) is 1. The van der Waals surface area contributed by atoms with E-state index in [9.17, 15) is 9.59 Å². The first-order valence-corrected chi connectivity index (χ1v) is 9.13. The number of aryl methyl sites for hydroxylation is 1. The van der Waals surface area contributed by atoms with Crippen molar-refractivity contribution in [3.63, 3.8) is 0 Å². The van der Waals surface area contributed by atoms with Gasteiger partial charge in [0.15, 0.2) is 0 Å². The summed E-state index contributed by atoms with van der Waals surface area (Å²) in [6.45, 7) is 2.05. The number of carbonyl (C=O) groups is 2. The summed E-state index contributed by atoms with van der Waals surface area (Å²) in [6.07, 6.45) is 0.835. The van der Waals surface area contributed by atoms with Crippen LogP contribution in [-0.4, -0.2) is 24.2 Å². The molecule has 2 unspecified atom stereocenters. The molecule has 3 rings (SSSR count). The van der Waals surface area contributed by atoms with Crippen LogP contribution in [0.25, 0.3) is 0 Å². The van der Waals surface area contributed by atoms with Gasteiger partial charge in [-0.3, -0.25) is 9.59 Å². The van der Waals surface area contributed by atoms with Crippen LogP contribution in [0, 0.1) is 6.92 Å². The normalized spacial score (nSPS) is 16.8. The monoisotopic (exact) mass is 355 g/mol. The van der Waals surface area contributed by atoms with Crippen molar-refractivity contribution in [2.24, 2.45) is 0 Å². The molecule has 25 heavy (non-hydrogen) atoms. The molecule has 0 saturated heterocycles.